The Morgan fingerprint density at radius 1 is 1.20 bits per heavy atom. The molecule has 5 nitrogen and oxygen atoms in total. The third-order valence-electron chi connectivity index (χ3n) is 4.77. The molecule has 2 rings (SSSR count). The average molecular weight is 376 g/mol. The first-order valence-electron chi connectivity index (χ1n) is 8.65. The third-order valence-corrected chi connectivity index (χ3v) is 6.23. The molecule has 1 aliphatic rings. The van der Waals surface area contributed by atoms with E-state index in [0.29, 0.717) is 25.2 Å². The minimum absolute atomic E-state index is 0.0113. The van der Waals surface area contributed by atoms with Crippen LogP contribution in [0.4, 0.5) is 8.78 Å². The Morgan fingerprint density at radius 2 is 1.84 bits per heavy atom. The number of hydrogen-bond acceptors (Lipinski definition) is 4. The van der Waals surface area contributed by atoms with Crippen molar-refractivity contribution >= 4 is 10.0 Å². The van der Waals surface area contributed by atoms with Gasteiger partial charge in [-0.2, -0.15) is 0 Å². The van der Waals surface area contributed by atoms with E-state index in [1.54, 1.807) is 0 Å². The lowest BCUT2D eigenvalue weighted by Gasteiger charge is -2.38. The molecule has 1 heterocycles. The van der Waals surface area contributed by atoms with Crippen LogP contribution in [0.25, 0.3) is 0 Å². The molecule has 1 aliphatic heterocycles. The van der Waals surface area contributed by atoms with Crippen molar-refractivity contribution in [3.63, 3.8) is 0 Å². The summed E-state index contributed by atoms with van der Waals surface area (Å²) in [6.07, 6.45) is 1.84. The largest absolute Gasteiger partial charge is 0.379 e. The quantitative estimate of drug-likeness (QED) is 0.757. The number of benzene rings is 1. The van der Waals surface area contributed by atoms with Gasteiger partial charge in [0, 0.05) is 31.7 Å². The molecule has 1 aromatic rings. The maximum atomic E-state index is 13.8. The van der Waals surface area contributed by atoms with Crippen LogP contribution in [0.1, 0.15) is 26.7 Å². The van der Waals surface area contributed by atoms with Crippen LogP contribution in [0.2, 0.25) is 0 Å². The summed E-state index contributed by atoms with van der Waals surface area (Å²) in [6, 6.07) is 2.48. The second kappa shape index (κ2) is 9.02. The van der Waals surface area contributed by atoms with Crippen LogP contribution >= 0.6 is 0 Å². The fourth-order valence-electron chi connectivity index (χ4n) is 3.30. The highest BCUT2D eigenvalue weighted by molar-refractivity contribution is 7.89. The number of rotatable bonds is 8. The predicted molar refractivity (Wildman–Crippen MR) is 91.8 cm³/mol. The van der Waals surface area contributed by atoms with E-state index < -0.39 is 26.6 Å². The summed E-state index contributed by atoms with van der Waals surface area (Å²) in [5.41, 5.74) is 0. The fraction of sp³-hybridized carbons (Fsp3) is 0.647. The summed E-state index contributed by atoms with van der Waals surface area (Å²) in [5, 5.41) is 0. The molecule has 1 aromatic carbocycles. The van der Waals surface area contributed by atoms with Gasteiger partial charge in [0.1, 0.15) is 16.5 Å². The summed E-state index contributed by atoms with van der Waals surface area (Å²) >= 11 is 0. The van der Waals surface area contributed by atoms with Crippen LogP contribution in [0.15, 0.2) is 23.1 Å². The van der Waals surface area contributed by atoms with Crippen LogP contribution in [-0.4, -0.2) is 52.2 Å². The number of halogens is 2. The second-order valence-electron chi connectivity index (χ2n) is 6.22. The molecule has 0 aromatic heterocycles. The van der Waals surface area contributed by atoms with Crippen molar-refractivity contribution < 1.29 is 21.9 Å². The van der Waals surface area contributed by atoms with Crippen molar-refractivity contribution in [3.05, 3.63) is 29.8 Å². The van der Waals surface area contributed by atoms with Crippen molar-refractivity contribution in [2.24, 2.45) is 5.92 Å². The zero-order valence-electron chi connectivity index (χ0n) is 14.7. The molecule has 0 saturated carbocycles. The normalized spacial score (nSPS) is 17.8. The molecule has 0 amide bonds. The lowest BCUT2D eigenvalue weighted by molar-refractivity contribution is 0.00297. The van der Waals surface area contributed by atoms with E-state index in [1.807, 2.05) is 0 Å². The van der Waals surface area contributed by atoms with Gasteiger partial charge in [-0.3, -0.25) is 4.90 Å². The van der Waals surface area contributed by atoms with Crippen molar-refractivity contribution in [1.29, 1.82) is 0 Å². The molecule has 142 valence electrons. The minimum atomic E-state index is -4.04. The standard InChI is InChI=1S/C17H26F2N2O3S/c1-3-13(4-2)16(21-7-9-24-10-8-21)12-20-25(22,23)17-6-5-14(18)11-15(17)19/h5-6,11,13,16,20H,3-4,7-10,12H2,1-2H3. The number of ether oxygens (including phenoxy) is 1. The van der Waals surface area contributed by atoms with E-state index in [2.05, 4.69) is 23.5 Å². The van der Waals surface area contributed by atoms with E-state index in [4.69, 9.17) is 4.74 Å². The molecule has 1 fully saturated rings. The summed E-state index contributed by atoms with van der Waals surface area (Å²) in [4.78, 5) is 1.70. The minimum Gasteiger partial charge on any atom is -0.379 e. The van der Waals surface area contributed by atoms with Gasteiger partial charge in [0.05, 0.1) is 13.2 Å². The first-order valence-corrected chi connectivity index (χ1v) is 10.1. The Morgan fingerprint density at radius 3 is 2.40 bits per heavy atom. The van der Waals surface area contributed by atoms with Crippen LogP contribution < -0.4 is 4.72 Å². The van der Waals surface area contributed by atoms with Gasteiger partial charge in [0.2, 0.25) is 10.0 Å². The third kappa shape index (κ3) is 5.20. The van der Waals surface area contributed by atoms with Gasteiger partial charge < -0.3 is 4.74 Å². The zero-order valence-corrected chi connectivity index (χ0v) is 15.5. The van der Waals surface area contributed by atoms with E-state index in [-0.39, 0.29) is 12.6 Å². The van der Waals surface area contributed by atoms with E-state index in [0.717, 1.165) is 38.1 Å². The van der Waals surface area contributed by atoms with Crippen LogP contribution in [-0.2, 0) is 14.8 Å². The smallest absolute Gasteiger partial charge is 0.243 e. The maximum absolute atomic E-state index is 13.8. The Labute approximate surface area is 148 Å². The van der Waals surface area contributed by atoms with Gasteiger partial charge in [0.15, 0.2) is 0 Å². The summed E-state index contributed by atoms with van der Waals surface area (Å²) in [6.45, 7) is 7.07. The van der Waals surface area contributed by atoms with E-state index >= 15 is 0 Å². The molecule has 0 bridgehead atoms. The lowest BCUT2D eigenvalue weighted by Crippen LogP contribution is -2.52. The summed E-state index contributed by atoms with van der Waals surface area (Å²) in [7, 11) is -4.04. The maximum Gasteiger partial charge on any atom is 0.243 e. The second-order valence-corrected chi connectivity index (χ2v) is 7.95. The first kappa shape index (κ1) is 20.2. The van der Waals surface area contributed by atoms with Crippen molar-refractivity contribution in [3.8, 4) is 0 Å². The highest BCUT2D eigenvalue weighted by Crippen LogP contribution is 2.21. The van der Waals surface area contributed by atoms with Crippen LogP contribution in [0.5, 0.6) is 0 Å². The summed E-state index contributed by atoms with van der Waals surface area (Å²) in [5.74, 6) is -1.57. The highest BCUT2D eigenvalue weighted by atomic mass is 32.2. The highest BCUT2D eigenvalue weighted by Gasteiger charge is 2.29. The van der Waals surface area contributed by atoms with Gasteiger partial charge in [0.25, 0.3) is 0 Å². The molecule has 0 spiro atoms. The van der Waals surface area contributed by atoms with Gasteiger partial charge in [-0.1, -0.05) is 26.7 Å². The SMILES string of the molecule is CCC(CC)C(CNS(=O)(=O)c1ccc(F)cc1F)N1CCOCC1. The Hall–Kier alpha value is -1.09. The summed E-state index contributed by atoms with van der Waals surface area (Å²) < 4.78 is 59.6. The average Bonchev–Trinajstić information content (AvgIpc) is 2.59. The predicted octanol–water partition coefficient (Wildman–Crippen LogP) is 2.38. The molecular weight excluding hydrogens is 350 g/mol. The van der Waals surface area contributed by atoms with Gasteiger partial charge >= 0.3 is 0 Å². The molecule has 25 heavy (non-hydrogen) atoms. The van der Waals surface area contributed by atoms with Gasteiger partial charge in [-0.05, 0) is 18.1 Å². The van der Waals surface area contributed by atoms with Crippen LogP contribution in [0, 0.1) is 17.6 Å². The molecule has 1 N–H and O–H groups in total. The molecule has 1 saturated heterocycles. The van der Waals surface area contributed by atoms with E-state index in [9.17, 15) is 17.2 Å². The first-order chi connectivity index (χ1) is 11.9. The van der Waals surface area contributed by atoms with Crippen molar-refractivity contribution in [2.45, 2.75) is 37.6 Å². The topological polar surface area (TPSA) is 58.6 Å². The number of sulfonamides is 1. The Balaban J connectivity index is 2.15. The van der Waals surface area contributed by atoms with Crippen LogP contribution in [0.3, 0.4) is 0 Å². The molecule has 0 radical (unpaired) electrons. The molecule has 1 unspecified atom stereocenters. The molecule has 0 aliphatic carbocycles. The number of morpholine rings is 1. The molecule has 8 heteroatoms. The fourth-order valence-corrected chi connectivity index (χ4v) is 4.41. The Bertz CT molecular complexity index is 660. The monoisotopic (exact) mass is 376 g/mol. The molecule has 1 atom stereocenters. The van der Waals surface area contributed by atoms with Crippen molar-refractivity contribution in [1.82, 2.24) is 9.62 Å². The van der Waals surface area contributed by atoms with Crippen molar-refractivity contribution in [2.75, 3.05) is 32.8 Å². The van der Waals surface area contributed by atoms with Gasteiger partial charge in [-0.25, -0.2) is 21.9 Å². The number of nitrogens with zero attached hydrogens (tertiary/aromatic N) is 1. The van der Waals surface area contributed by atoms with E-state index in [1.165, 1.54) is 0 Å². The Kier molecular flexibility index (Phi) is 7.30. The number of nitrogens with one attached hydrogen (secondary N) is 1. The van der Waals surface area contributed by atoms with Gasteiger partial charge in [-0.15, -0.1) is 0 Å². The zero-order chi connectivity index (χ0) is 18.4. The number of hydrogen-bond donors (Lipinski definition) is 1. The lowest BCUT2D eigenvalue weighted by atomic mass is 9.92. The molecular formula is C17H26F2N2O3S.